The minimum atomic E-state index is -4.63. The van der Waals surface area contributed by atoms with Gasteiger partial charge in [0.2, 0.25) is 5.91 Å². The van der Waals surface area contributed by atoms with E-state index in [0.717, 1.165) is 32.1 Å². The Morgan fingerprint density at radius 2 is 1.69 bits per heavy atom. The first-order chi connectivity index (χ1) is 13.8. The van der Waals surface area contributed by atoms with E-state index in [-0.39, 0.29) is 23.0 Å². The van der Waals surface area contributed by atoms with Gasteiger partial charge in [0.15, 0.2) is 5.78 Å². The molecule has 2 aromatic carbocycles. The molecule has 1 fully saturated rings. The van der Waals surface area contributed by atoms with Crippen LogP contribution in [0.25, 0.3) is 0 Å². The molecule has 1 amide bonds. The van der Waals surface area contributed by atoms with Crippen LogP contribution in [0.5, 0.6) is 0 Å². The van der Waals surface area contributed by atoms with Crippen molar-refractivity contribution in [3.8, 4) is 0 Å². The number of carbonyl (C=O) groups excluding carboxylic acids is 2. The van der Waals surface area contributed by atoms with E-state index in [4.69, 9.17) is 0 Å². The van der Waals surface area contributed by atoms with Crippen molar-refractivity contribution in [2.45, 2.75) is 44.7 Å². The molecule has 154 valence electrons. The monoisotopic (exact) mass is 407 g/mol. The Kier molecular flexibility index (Phi) is 6.35. The molecular weight excluding hydrogens is 386 g/mol. The SMILES string of the molecule is O=C(Cc1cc(C(F)(F)F)ccc1F)c1ccccc1NC(=O)C1CCCCC1. The summed E-state index contributed by atoms with van der Waals surface area (Å²) in [6.07, 6.45) is -0.527. The number of halogens is 4. The van der Waals surface area contributed by atoms with Crippen molar-refractivity contribution < 1.29 is 27.2 Å². The van der Waals surface area contributed by atoms with Crippen molar-refractivity contribution in [2.24, 2.45) is 5.92 Å². The van der Waals surface area contributed by atoms with Gasteiger partial charge in [-0.05, 0) is 48.7 Å². The van der Waals surface area contributed by atoms with Crippen LogP contribution in [0.4, 0.5) is 23.2 Å². The molecule has 0 heterocycles. The third-order valence-corrected chi connectivity index (χ3v) is 5.19. The number of anilines is 1. The minimum absolute atomic E-state index is 0.118. The predicted octanol–water partition coefficient (Wildman–Crippen LogP) is 5.79. The lowest BCUT2D eigenvalue weighted by molar-refractivity contribution is -0.137. The molecule has 0 aromatic heterocycles. The molecule has 0 spiro atoms. The van der Waals surface area contributed by atoms with E-state index < -0.39 is 29.8 Å². The van der Waals surface area contributed by atoms with Crippen LogP contribution in [0.1, 0.15) is 53.6 Å². The average Bonchev–Trinajstić information content (AvgIpc) is 2.69. The van der Waals surface area contributed by atoms with E-state index in [0.29, 0.717) is 23.9 Å². The lowest BCUT2D eigenvalue weighted by Crippen LogP contribution is -2.25. The molecule has 29 heavy (non-hydrogen) atoms. The number of amides is 1. The zero-order chi connectivity index (χ0) is 21.0. The van der Waals surface area contributed by atoms with Gasteiger partial charge in [-0.15, -0.1) is 0 Å². The van der Waals surface area contributed by atoms with E-state index in [9.17, 15) is 27.2 Å². The zero-order valence-electron chi connectivity index (χ0n) is 15.7. The van der Waals surface area contributed by atoms with E-state index in [1.165, 1.54) is 6.07 Å². The Hall–Kier alpha value is -2.70. The standard InChI is InChI=1S/C22H21F4NO2/c23-18-11-10-16(22(24,25)26)12-15(18)13-20(28)17-8-4-5-9-19(17)27-21(29)14-6-2-1-3-7-14/h4-5,8-12,14H,1-3,6-7,13H2,(H,27,29). The van der Waals surface area contributed by atoms with Crippen molar-refractivity contribution >= 4 is 17.4 Å². The predicted molar refractivity (Wildman–Crippen MR) is 101 cm³/mol. The highest BCUT2D eigenvalue weighted by molar-refractivity contribution is 6.06. The van der Waals surface area contributed by atoms with Gasteiger partial charge >= 0.3 is 6.18 Å². The van der Waals surface area contributed by atoms with Gasteiger partial charge in [0.25, 0.3) is 0 Å². The number of benzene rings is 2. The van der Waals surface area contributed by atoms with Crippen LogP contribution in [0, 0.1) is 11.7 Å². The fourth-order valence-corrected chi connectivity index (χ4v) is 3.59. The van der Waals surface area contributed by atoms with Crippen LogP contribution < -0.4 is 5.32 Å². The fourth-order valence-electron chi connectivity index (χ4n) is 3.59. The van der Waals surface area contributed by atoms with Gasteiger partial charge in [-0.3, -0.25) is 9.59 Å². The summed E-state index contributed by atoms with van der Waals surface area (Å²) in [7, 11) is 0. The Labute approximate surface area is 166 Å². The maximum Gasteiger partial charge on any atom is 0.416 e. The summed E-state index contributed by atoms with van der Waals surface area (Å²) >= 11 is 0. The first-order valence-electron chi connectivity index (χ1n) is 9.54. The number of hydrogen-bond acceptors (Lipinski definition) is 2. The first kappa shape index (κ1) is 21.0. The quantitative estimate of drug-likeness (QED) is 0.504. The van der Waals surface area contributed by atoms with Gasteiger partial charge in [-0.25, -0.2) is 4.39 Å². The highest BCUT2D eigenvalue weighted by Gasteiger charge is 2.31. The topological polar surface area (TPSA) is 46.2 Å². The summed E-state index contributed by atoms with van der Waals surface area (Å²) in [6, 6.07) is 8.28. The molecule has 0 atom stereocenters. The zero-order valence-corrected chi connectivity index (χ0v) is 15.7. The van der Waals surface area contributed by atoms with Crippen LogP contribution in [-0.4, -0.2) is 11.7 Å². The van der Waals surface area contributed by atoms with Gasteiger partial charge in [0.05, 0.1) is 11.3 Å². The molecular formula is C22H21F4NO2. The van der Waals surface area contributed by atoms with Gasteiger partial charge in [-0.2, -0.15) is 13.2 Å². The number of carbonyl (C=O) groups is 2. The van der Waals surface area contributed by atoms with Crippen LogP contribution in [0.3, 0.4) is 0 Å². The molecule has 1 aliphatic carbocycles. The molecule has 0 aliphatic heterocycles. The largest absolute Gasteiger partial charge is 0.416 e. The normalized spacial score (nSPS) is 15.2. The highest BCUT2D eigenvalue weighted by atomic mass is 19.4. The first-order valence-corrected chi connectivity index (χ1v) is 9.54. The van der Waals surface area contributed by atoms with Gasteiger partial charge < -0.3 is 5.32 Å². The van der Waals surface area contributed by atoms with Crippen molar-refractivity contribution in [1.82, 2.24) is 0 Å². The third-order valence-electron chi connectivity index (χ3n) is 5.19. The maximum atomic E-state index is 14.0. The number of hydrogen-bond donors (Lipinski definition) is 1. The number of Topliss-reactive ketones (excluding diaryl/α,β-unsaturated/α-hetero) is 1. The second-order valence-electron chi connectivity index (χ2n) is 7.27. The van der Waals surface area contributed by atoms with E-state index in [1.807, 2.05) is 0 Å². The molecule has 0 radical (unpaired) electrons. The number of alkyl halides is 3. The molecule has 1 saturated carbocycles. The maximum absolute atomic E-state index is 14.0. The molecule has 2 aromatic rings. The Morgan fingerprint density at radius 1 is 1.00 bits per heavy atom. The summed E-state index contributed by atoms with van der Waals surface area (Å²) in [5.41, 5.74) is -0.909. The smallest absolute Gasteiger partial charge is 0.325 e. The summed E-state index contributed by atoms with van der Waals surface area (Å²) in [5.74, 6) is -1.74. The second-order valence-corrected chi connectivity index (χ2v) is 7.27. The molecule has 7 heteroatoms. The van der Waals surface area contributed by atoms with Gasteiger partial charge in [-0.1, -0.05) is 31.4 Å². The van der Waals surface area contributed by atoms with Crippen molar-refractivity contribution in [2.75, 3.05) is 5.32 Å². The van der Waals surface area contributed by atoms with Crippen LogP contribution in [0.2, 0.25) is 0 Å². The van der Waals surface area contributed by atoms with E-state index in [2.05, 4.69) is 5.32 Å². The van der Waals surface area contributed by atoms with Crippen LogP contribution in [-0.2, 0) is 17.4 Å². The van der Waals surface area contributed by atoms with Crippen LogP contribution >= 0.6 is 0 Å². The Morgan fingerprint density at radius 3 is 2.38 bits per heavy atom. The van der Waals surface area contributed by atoms with Crippen molar-refractivity contribution in [3.05, 3.63) is 65.0 Å². The van der Waals surface area contributed by atoms with E-state index in [1.54, 1.807) is 18.2 Å². The molecule has 3 rings (SSSR count). The molecule has 3 nitrogen and oxygen atoms in total. The second kappa shape index (κ2) is 8.76. The van der Waals surface area contributed by atoms with Gasteiger partial charge in [0.1, 0.15) is 5.82 Å². The van der Waals surface area contributed by atoms with E-state index >= 15 is 0 Å². The summed E-state index contributed by atoms with van der Waals surface area (Å²) in [5, 5.41) is 2.76. The third kappa shape index (κ3) is 5.22. The molecule has 1 N–H and O–H groups in total. The number of ketones is 1. The molecule has 1 aliphatic rings. The van der Waals surface area contributed by atoms with Crippen molar-refractivity contribution in [1.29, 1.82) is 0 Å². The Bertz CT molecular complexity index is 902. The lowest BCUT2D eigenvalue weighted by atomic mass is 9.88. The molecule has 0 unspecified atom stereocenters. The lowest BCUT2D eigenvalue weighted by Gasteiger charge is -2.21. The number of nitrogens with one attached hydrogen (secondary N) is 1. The summed E-state index contributed by atoms with van der Waals surface area (Å²) in [4.78, 5) is 25.2. The van der Waals surface area contributed by atoms with Gasteiger partial charge in [0, 0.05) is 17.9 Å². The number of rotatable bonds is 5. The fraction of sp³-hybridized carbons (Fsp3) is 0.364. The Balaban J connectivity index is 1.79. The summed E-state index contributed by atoms with van der Waals surface area (Å²) < 4.78 is 52.7. The minimum Gasteiger partial charge on any atom is -0.325 e. The van der Waals surface area contributed by atoms with Crippen molar-refractivity contribution in [3.63, 3.8) is 0 Å². The van der Waals surface area contributed by atoms with Crippen LogP contribution in [0.15, 0.2) is 42.5 Å². The average molecular weight is 407 g/mol. The number of para-hydroxylation sites is 1. The highest BCUT2D eigenvalue weighted by Crippen LogP contribution is 2.31. The molecule has 0 bridgehead atoms. The summed E-state index contributed by atoms with van der Waals surface area (Å²) in [6.45, 7) is 0. The molecule has 0 saturated heterocycles.